The lowest BCUT2D eigenvalue weighted by atomic mass is 10.2. The molecule has 0 saturated heterocycles. The Balaban J connectivity index is 2.06. The summed E-state index contributed by atoms with van der Waals surface area (Å²) in [5.41, 5.74) is 4.26. The minimum absolute atomic E-state index is 0.680. The van der Waals surface area contributed by atoms with E-state index in [1.54, 1.807) is 4.68 Å². The van der Waals surface area contributed by atoms with Crippen LogP contribution >= 0.6 is 11.6 Å². The minimum atomic E-state index is 0.680. The highest BCUT2D eigenvalue weighted by Crippen LogP contribution is 2.21. The summed E-state index contributed by atoms with van der Waals surface area (Å²) >= 11 is 6.20. The first kappa shape index (κ1) is 13.7. The number of hydrogen-bond acceptors (Lipinski definition) is 3. The van der Waals surface area contributed by atoms with Gasteiger partial charge in [0.1, 0.15) is 5.15 Å². The predicted molar refractivity (Wildman–Crippen MR) is 81.1 cm³/mol. The summed E-state index contributed by atoms with van der Waals surface area (Å²) in [7, 11) is 5.91. The van der Waals surface area contributed by atoms with Crippen LogP contribution in [0.4, 0.5) is 11.4 Å². The highest BCUT2D eigenvalue weighted by Gasteiger charge is 2.10. The molecule has 0 radical (unpaired) electrons. The van der Waals surface area contributed by atoms with Gasteiger partial charge in [-0.1, -0.05) is 11.6 Å². The first-order chi connectivity index (χ1) is 8.99. The average molecular weight is 279 g/mol. The molecule has 0 aliphatic carbocycles. The van der Waals surface area contributed by atoms with Crippen LogP contribution in [0.3, 0.4) is 0 Å². The van der Waals surface area contributed by atoms with Crippen LogP contribution in [0, 0.1) is 6.92 Å². The van der Waals surface area contributed by atoms with E-state index in [-0.39, 0.29) is 0 Å². The zero-order valence-electron chi connectivity index (χ0n) is 11.7. The lowest BCUT2D eigenvalue weighted by Crippen LogP contribution is -2.08. The summed E-state index contributed by atoms with van der Waals surface area (Å²) in [5, 5.41) is 8.35. The van der Waals surface area contributed by atoms with Gasteiger partial charge in [0.15, 0.2) is 0 Å². The van der Waals surface area contributed by atoms with Gasteiger partial charge in [-0.2, -0.15) is 5.10 Å². The van der Waals surface area contributed by atoms with Gasteiger partial charge in [0.25, 0.3) is 0 Å². The minimum Gasteiger partial charge on any atom is -0.381 e. The average Bonchev–Trinajstić information content (AvgIpc) is 2.62. The van der Waals surface area contributed by atoms with E-state index in [1.165, 1.54) is 5.69 Å². The van der Waals surface area contributed by atoms with E-state index >= 15 is 0 Å². The van der Waals surface area contributed by atoms with Crippen LogP contribution in [0.2, 0.25) is 5.15 Å². The highest BCUT2D eigenvalue weighted by molar-refractivity contribution is 6.30. The maximum Gasteiger partial charge on any atom is 0.131 e. The van der Waals surface area contributed by atoms with E-state index in [0.717, 1.165) is 16.9 Å². The first-order valence-electron chi connectivity index (χ1n) is 6.18. The van der Waals surface area contributed by atoms with Crippen LogP contribution in [-0.2, 0) is 13.6 Å². The van der Waals surface area contributed by atoms with Crippen molar-refractivity contribution in [1.29, 1.82) is 0 Å². The summed E-state index contributed by atoms with van der Waals surface area (Å²) < 4.78 is 1.70. The zero-order chi connectivity index (χ0) is 14.0. The van der Waals surface area contributed by atoms with E-state index in [2.05, 4.69) is 39.6 Å². The Kier molecular flexibility index (Phi) is 4.00. The number of halogens is 1. The number of anilines is 2. The van der Waals surface area contributed by atoms with Gasteiger partial charge in [-0.3, -0.25) is 4.68 Å². The van der Waals surface area contributed by atoms with Gasteiger partial charge >= 0.3 is 0 Å². The lowest BCUT2D eigenvalue weighted by Gasteiger charge is -2.13. The van der Waals surface area contributed by atoms with Crippen LogP contribution in [0.5, 0.6) is 0 Å². The van der Waals surface area contributed by atoms with Gasteiger partial charge in [-0.25, -0.2) is 0 Å². The highest BCUT2D eigenvalue weighted by atomic mass is 35.5. The monoisotopic (exact) mass is 278 g/mol. The molecule has 2 rings (SSSR count). The standard InChI is InChI=1S/C14H19ClN4/c1-10-13(14(15)19(4)17-10)9-16-11-5-7-12(8-6-11)18(2)3/h5-8,16H,9H2,1-4H3. The third-order valence-electron chi connectivity index (χ3n) is 3.12. The fraction of sp³-hybridized carbons (Fsp3) is 0.357. The van der Waals surface area contributed by atoms with E-state index in [4.69, 9.17) is 11.6 Å². The van der Waals surface area contributed by atoms with Gasteiger partial charge < -0.3 is 10.2 Å². The van der Waals surface area contributed by atoms with Gasteiger partial charge in [-0.05, 0) is 31.2 Å². The normalized spacial score (nSPS) is 10.6. The molecule has 4 nitrogen and oxygen atoms in total. The smallest absolute Gasteiger partial charge is 0.131 e. The molecule has 0 aliphatic heterocycles. The van der Waals surface area contributed by atoms with Gasteiger partial charge in [0.05, 0.1) is 5.69 Å². The van der Waals surface area contributed by atoms with Crippen LogP contribution in [0.15, 0.2) is 24.3 Å². The van der Waals surface area contributed by atoms with Crippen molar-refractivity contribution < 1.29 is 0 Å². The Hall–Kier alpha value is -1.68. The second kappa shape index (κ2) is 5.53. The van der Waals surface area contributed by atoms with E-state index in [0.29, 0.717) is 11.7 Å². The third-order valence-corrected chi connectivity index (χ3v) is 3.60. The Morgan fingerprint density at radius 3 is 2.37 bits per heavy atom. The van der Waals surface area contributed by atoms with Crippen LogP contribution < -0.4 is 10.2 Å². The summed E-state index contributed by atoms with van der Waals surface area (Å²) in [6.45, 7) is 2.65. The summed E-state index contributed by atoms with van der Waals surface area (Å²) in [5.74, 6) is 0. The molecule has 0 spiro atoms. The largest absolute Gasteiger partial charge is 0.381 e. The zero-order valence-corrected chi connectivity index (χ0v) is 12.5. The van der Waals surface area contributed by atoms with Crippen LogP contribution in [0.25, 0.3) is 0 Å². The Labute approximate surface area is 119 Å². The predicted octanol–water partition coefficient (Wildman–Crippen LogP) is 3.06. The molecule has 0 bridgehead atoms. The fourth-order valence-electron chi connectivity index (χ4n) is 1.94. The molecule has 0 atom stereocenters. The molecule has 0 aliphatic rings. The molecule has 0 fully saturated rings. The third kappa shape index (κ3) is 3.01. The number of hydrogen-bond donors (Lipinski definition) is 1. The summed E-state index contributed by atoms with van der Waals surface area (Å²) in [6, 6.07) is 8.30. The molecule has 19 heavy (non-hydrogen) atoms. The maximum atomic E-state index is 6.20. The molecule has 1 aromatic carbocycles. The van der Waals surface area contributed by atoms with E-state index in [9.17, 15) is 0 Å². The van der Waals surface area contributed by atoms with Crippen molar-refractivity contribution in [1.82, 2.24) is 9.78 Å². The fourth-order valence-corrected chi connectivity index (χ4v) is 2.18. The van der Waals surface area contributed by atoms with Crippen molar-refractivity contribution in [2.75, 3.05) is 24.3 Å². The number of aromatic nitrogens is 2. The Morgan fingerprint density at radius 1 is 1.26 bits per heavy atom. The Bertz CT molecular complexity index is 558. The quantitative estimate of drug-likeness (QED) is 0.933. The van der Waals surface area contributed by atoms with Gasteiger partial charge in [0, 0.05) is 44.6 Å². The second-order valence-corrected chi connectivity index (χ2v) is 5.13. The van der Waals surface area contributed by atoms with Gasteiger partial charge in [0.2, 0.25) is 0 Å². The van der Waals surface area contributed by atoms with Crippen LogP contribution in [-0.4, -0.2) is 23.9 Å². The second-order valence-electron chi connectivity index (χ2n) is 4.77. The number of nitrogens with zero attached hydrogens (tertiary/aromatic N) is 3. The molecule has 0 unspecified atom stereocenters. The summed E-state index contributed by atoms with van der Waals surface area (Å²) in [4.78, 5) is 2.08. The molecule has 2 aromatic rings. The van der Waals surface area contributed by atoms with Gasteiger partial charge in [-0.15, -0.1) is 0 Å². The molecule has 0 saturated carbocycles. The molecular weight excluding hydrogens is 260 g/mol. The van der Waals surface area contributed by atoms with E-state index < -0.39 is 0 Å². The molecular formula is C14H19ClN4. The SMILES string of the molecule is Cc1nn(C)c(Cl)c1CNc1ccc(N(C)C)cc1. The molecule has 102 valence electrons. The van der Waals surface area contributed by atoms with Crippen molar-refractivity contribution in [2.45, 2.75) is 13.5 Å². The molecule has 1 N–H and O–H groups in total. The summed E-state index contributed by atoms with van der Waals surface area (Å²) in [6.07, 6.45) is 0. The Morgan fingerprint density at radius 2 is 1.89 bits per heavy atom. The van der Waals surface area contributed by atoms with Crippen LogP contribution in [0.1, 0.15) is 11.3 Å². The molecule has 1 aromatic heterocycles. The number of aryl methyl sites for hydroxylation is 2. The number of nitrogens with one attached hydrogen (secondary N) is 1. The van der Waals surface area contributed by atoms with E-state index in [1.807, 2.05) is 28.1 Å². The van der Waals surface area contributed by atoms with Crippen molar-refractivity contribution in [3.8, 4) is 0 Å². The molecule has 0 amide bonds. The van der Waals surface area contributed by atoms with Crippen molar-refractivity contribution in [3.05, 3.63) is 40.7 Å². The van der Waals surface area contributed by atoms with Crippen molar-refractivity contribution >= 4 is 23.0 Å². The number of benzene rings is 1. The lowest BCUT2D eigenvalue weighted by molar-refractivity contribution is 0.757. The molecule has 5 heteroatoms. The topological polar surface area (TPSA) is 33.1 Å². The maximum absolute atomic E-state index is 6.20. The first-order valence-corrected chi connectivity index (χ1v) is 6.56. The number of rotatable bonds is 4. The van der Waals surface area contributed by atoms with Crippen molar-refractivity contribution in [3.63, 3.8) is 0 Å². The van der Waals surface area contributed by atoms with Crippen molar-refractivity contribution in [2.24, 2.45) is 7.05 Å². The molecule has 1 heterocycles.